The zero-order chi connectivity index (χ0) is 23.2. The predicted molar refractivity (Wildman–Crippen MR) is 121 cm³/mol. The Balaban J connectivity index is 2.59. The first-order valence-electron chi connectivity index (χ1n) is 10.8. The number of ether oxygens (including phenoxy) is 3. The number of hydrogen-bond acceptors (Lipinski definition) is 5. The molecule has 0 fully saturated rings. The van der Waals surface area contributed by atoms with Gasteiger partial charge in [0.05, 0.1) is 12.2 Å². The second kappa shape index (κ2) is 10.6. The Labute approximate surface area is 183 Å². The van der Waals surface area contributed by atoms with Gasteiger partial charge in [-0.25, -0.2) is 0 Å². The summed E-state index contributed by atoms with van der Waals surface area (Å²) in [6.07, 6.45) is 2.32. The van der Waals surface area contributed by atoms with Gasteiger partial charge in [0.15, 0.2) is 0 Å². The van der Waals surface area contributed by atoms with Gasteiger partial charge in [0, 0.05) is 26.6 Å². The van der Waals surface area contributed by atoms with Crippen LogP contribution in [0.5, 0.6) is 5.75 Å². The van der Waals surface area contributed by atoms with Gasteiger partial charge >= 0.3 is 5.97 Å². The van der Waals surface area contributed by atoms with Crippen LogP contribution < -0.4 is 0 Å². The summed E-state index contributed by atoms with van der Waals surface area (Å²) in [6.45, 7) is 17.2. The molecule has 1 rings (SSSR count). The maximum atomic E-state index is 12.4. The van der Waals surface area contributed by atoms with Crippen LogP contribution in [0.3, 0.4) is 0 Å². The van der Waals surface area contributed by atoms with Crippen molar-refractivity contribution in [3.05, 3.63) is 28.8 Å². The van der Waals surface area contributed by atoms with E-state index in [-0.39, 0.29) is 17.0 Å². The van der Waals surface area contributed by atoms with Crippen LogP contribution in [0.2, 0.25) is 0 Å². The maximum absolute atomic E-state index is 12.4. The van der Waals surface area contributed by atoms with Crippen LogP contribution in [0.15, 0.2) is 12.1 Å². The molecule has 30 heavy (non-hydrogen) atoms. The molecule has 1 aromatic carbocycles. The van der Waals surface area contributed by atoms with Crippen molar-refractivity contribution < 1.29 is 24.1 Å². The van der Waals surface area contributed by atoms with E-state index in [0.29, 0.717) is 38.2 Å². The minimum Gasteiger partial charge on any atom is -0.507 e. The SMILES string of the molecule is COCCC(C)(C)OCCC(C)(C)OC(=O)CCc1cc(C)c(O)c(C(C)(C)C)c1. The molecule has 0 saturated heterocycles. The Kier molecular flexibility index (Phi) is 9.37. The minimum atomic E-state index is -0.587. The topological polar surface area (TPSA) is 65.0 Å². The number of rotatable bonds is 11. The molecule has 0 aromatic heterocycles. The molecule has 0 bridgehead atoms. The molecule has 5 nitrogen and oxygen atoms in total. The van der Waals surface area contributed by atoms with Gasteiger partial charge in [-0.15, -0.1) is 0 Å². The van der Waals surface area contributed by atoms with Crippen molar-refractivity contribution in [2.24, 2.45) is 0 Å². The Morgan fingerprint density at radius 1 is 0.967 bits per heavy atom. The van der Waals surface area contributed by atoms with Gasteiger partial charge in [-0.2, -0.15) is 0 Å². The molecule has 0 aliphatic heterocycles. The van der Waals surface area contributed by atoms with Crippen molar-refractivity contribution in [1.29, 1.82) is 0 Å². The molecule has 0 atom stereocenters. The number of aryl methyl sites for hydroxylation is 2. The number of phenols is 1. The highest BCUT2D eigenvalue weighted by molar-refractivity contribution is 5.70. The number of carbonyl (C=O) groups is 1. The third-order valence-corrected chi connectivity index (χ3v) is 5.28. The van der Waals surface area contributed by atoms with Crippen LogP contribution in [-0.2, 0) is 30.8 Å². The molecule has 5 heteroatoms. The molecule has 0 aliphatic carbocycles. The number of carbonyl (C=O) groups excluding carboxylic acids is 1. The van der Waals surface area contributed by atoms with Crippen LogP contribution in [0, 0.1) is 6.92 Å². The van der Waals surface area contributed by atoms with Gasteiger partial charge < -0.3 is 19.3 Å². The van der Waals surface area contributed by atoms with Gasteiger partial charge in [0.2, 0.25) is 0 Å². The van der Waals surface area contributed by atoms with E-state index in [2.05, 4.69) is 20.8 Å². The molecule has 1 N–H and O–H groups in total. The van der Waals surface area contributed by atoms with Crippen molar-refractivity contribution in [3.8, 4) is 5.75 Å². The molecule has 0 amide bonds. The largest absolute Gasteiger partial charge is 0.507 e. The fraction of sp³-hybridized carbons (Fsp3) is 0.720. The number of methoxy groups -OCH3 is 1. The zero-order valence-electron chi connectivity index (χ0n) is 20.5. The van der Waals surface area contributed by atoms with Crippen LogP contribution in [0.4, 0.5) is 0 Å². The zero-order valence-corrected chi connectivity index (χ0v) is 20.5. The number of hydrogen-bond donors (Lipinski definition) is 1. The lowest BCUT2D eigenvalue weighted by atomic mass is 9.83. The highest BCUT2D eigenvalue weighted by atomic mass is 16.6. The van der Waals surface area contributed by atoms with Crippen molar-refractivity contribution >= 4 is 5.97 Å². The fourth-order valence-corrected chi connectivity index (χ4v) is 3.22. The summed E-state index contributed by atoms with van der Waals surface area (Å²) in [5.41, 5.74) is 1.75. The van der Waals surface area contributed by atoms with E-state index in [1.54, 1.807) is 7.11 Å². The monoisotopic (exact) mass is 422 g/mol. The molecule has 0 saturated carbocycles. The van der Waals surface area contributed by atoms with E-state index in [1.807, 2.05) is 46.8 Å². The van der Waals surface area contributed by atoms with E-state index in [4.69, 9.17) is 14.2 Å². The lowest BCUT2D eigenvalue weighted by Gasteiger charge is -2.29. The Hall–Kier alpha value is -1.59. The van der Waals surface area contributed by atoms with Gasteiger partial charge in [-0.1, -0.05) is 32.9 Å². The third kappa shape index (κ3) is 9.05. The smallest absolute Gasteiger partial charge is 0.306 e. The van der Waals surface area contributed by atoms with Crippen molar-refractivity contribution in [2.75, 3.05) is 20.3 Å². The first kappa shape index (κ1) is 26.4. The number of esters is 1. The summed E-state index contributed by atoms with van der Waals surface area (Å²) in [5.74, 6) is 0.116. The second-order valence-corrected chi connectivity index (χ2v) is 10.4. The standard InChI is InChI=1S/C25H42O5/c1-18-16-19(17-20(22(18)27)23(2,3)4)10-11-21(26)30-25(7,8)13-15-29-24(5,6)12-14-28-9/h16-17,27H,10-15H2,1-9H3. The van der Waals surface area contributed by atoms with E-state index >= 15 is 0 Å². The van der Waals surface area contributed by atoms with Gasteiger partial charge in [0.25, 0.3) is 0 Å². The summed E-state index contributed by atoms with van der Waals surface area (Å²) >= 11 is 0. The molecule has 0 spiro atoms. The first-order valence-corrected chi connectivity index (χ1v) is 10.8. The van der Waals surface area contributed by atoms with E-state index in [1.165, 1.54) is 0 Å². The normalized spacial score (nSPS) is 12.8. The Morgan fingerprint density at radius 2 is 1.57 bits per heavy atom. The Morgan fingerprint density at radius 3 is 2.13 bits per heavy atom. The molecular weight excluding hydrogens is 380 g/mol. The quantitative estimate of drug-likeness (QED) is 0.479. The van der Waals surface area contributed by atoms with Crippen LogP contribution >= 0.6 is 0 Å². The number of phenolic OH excluding ortho intramolecular Hbond substituents is 1. The Bertz CT molecular complexity index is 698. The predicted octanol–water partition coefficient (Wildman–Crippen LogP) is 5.47. The van der Waals surface area contributed by atoms with Crippen molar-refractivity contribution in [2.45, 2.75) is 97.7 Å². The summed E-state index contributed by atoms with van der Waals surface area (Å²) < 4.78 is 16.8. The summed E-state index contributed by atoms with van der Waals surface area (Å²) in [4.78, 5) is 12.4. The van der Waals surface area contributed by atoms with E-state index < -0.39 is 5.60 Å². The van der Waals surface area contributed by atoms with E-state index in [0.717, 1.165) is 23.1 Å². The lowest BCUT2D eigenvalue weighted by Crippen LogP contribution is -2.33. The summed E-state index contributed by atoms with van der Waals surface area (Å²) in [6, 6.07) is 3.94. The highest BCUT2D eigenvalue weighted by Gasteiger charge is 2.26. The molecule has 172 valence electrons. The summed E-state index contributed by atoms with van der Waals surface area (Å²) in [7, 11) is 1.68. The maximum Gasteiger partial charge on any atom is 0.306 e. The number of benzene rings is 1. The van der Waals surface area contributed by atoms with E-state index in [9.17, 15) is 9.90 Å². The van der Waals surface area contributed by atoms with Crippen molar-refractivity contribution in [3.63, 3.8) is 0 Å². The van der Waals surface area contributed by atoms with Crippen LogP contribution in [0.25, 0.3) is 0 Å². The van der Waals surface area contributed by atoms with Gasteiger partial charge in [-0.3, -0.25) is 4.79 Å². The summed E-state index contributed by atoms with van der Waals surface area (Å²) in [5, 5.41) is 10.4. The van der Waals surface area contributed by atoms with Crippen LogP contribution in [0.1, 0.15) is 84.4 Å². The average molecular weight is 423 g/mol. The third-order valence-electron chi connectivity index (χ3n) is 5.28. The molecule has 0 radical (unpaired) electrons. The second-order valence-electron chi connectivity index (χ2n) is 10.4. The molecule has 0 aliphatic rings. The fourth-order valence-electron chi connectivity index (χ4n) is 3.22. The number of aromatic hydroxyl groups is 1. The van der Waals surface area contributed by atoms with Crippen LogP contribution in [-0.4, -0.2) is 42.6 Å². The average Bonchev–Trinajstić information content (AvgIpc) is 2.59. The molecule has 0 unspecified atom stereocenters. The first-order chi connectivity index (χ1) is 13.7. The minimum absolute atomic E-state index is 0.162. The van der Waals surface area contributed by atoms with Crippen molar-refractivity contribution in [1.82, 2.24) is 0 Å². The molecular formula is C25H42O5. The van der Waals surface area contributed by atoms with Gasteiger partial charge in [-0.05, 0) is 69.6 Å². The molecule has 0 heterocycles. The highest BCUT2D eigenvalue weighted by Crippen LogP contribution is 2.34. The molecule has 1 aromatic rings. The lowest BCUT2D eigenvalue weighted by molar-refractivity contribution is -0.159. The van der Waals surface area contributed by atoms with Gasteiger partial charge in [0.1, 0.15) is 11.4 Å².